The maximum absolute atomic E-state index is 12.0. The van der Waals surface area contributed by atoms with Gasteiger partial charge < -0.3 is 20.9 Å². The Hall–Kier alpha value is -1.95. The summed E-state index contributed by atoms with van der Waals surface area (Å²) in [6.07, 6.45) is 0.236. The van der Waals surface area contributed by atoms with Crippen molar-refractivity contribution in [3.8, 4) is 5.75 Å². The lowest BCUT2D eigenvalue weighted by Gasteiger charge is -2.17. The van der Waals surface area contributed by atoms with E-state index in [4.69, 9.17) is 22.5 Å². The molecule has 98 valence electrons. The van der Waals surface area contributed by atoms with Crippen molar-refractivity contribution in [2.24, 2.45) is 10.9 Å². The largest absolute Gasteiger partial charge is 0.507 e. The van der Waals surface area contributed by atoms with E-state index >= 15 is 0 Å². The summed E-state index contributed by atoms with van der Waals surface area (Å²) < 4.78 is 0. The summed E-state index contributed by atoms with van der Waals surface area (Å²) in [6.45, 7) is 0.265. The number of phenolic OH excluding ortho intramolecular Hbond substituents is 1. The third-order valence-electron chi connectivity index (χ3n) is 2.37. The van der Waals surface area contributed by atoms with Crippen LogP contribution in [0.1, 0.15) is 16.8 Å². The number of oxime groups is 1. The number of nitrogens with zero attached hydrogens (tertiary/aromatic N) is 2. The molecule has 0 saturated carbocycles. The van der Waals surface area contributed by atoms with Crippen molar-refractivity contribution in [1.29, 1.82) is 0 Å². The first kappa shape index (κ1) is 14.1. The first-order valence-corrected chi connectivity index (χ1v) is 5.54. The van der Waals surface area contributed by atoms with E-state index in [9.17, 15) is 9.90 Å². The Morgan fingerprint density at radius 2 is 2.22 bits per heavy atom. The second kappa shape index (κ2) is 6.11. The van der Waals surface area contributed by atoms with Gasteiger partial charge >= 0.3 is 0 Å². The van der Waals surface area contributed by atoms with Gasteiger partial charge in [0.05, 0.1) is 5.56 Å². The number of phenols is 1. The van der Waals surface area contributed by atoms with Crippen molar-refractivity contribution in [3.05, 3.63) is 28.8 Å². The molecule has 0 radical (unpaired) electrons. The lowest BCUT2D eigenvalue weighted by atomic mass is 10.1. The Kier molecular flexibility index (Phi) is 4.79. The third-order valence-corrected chi connectivity index (χ3v) is 2.60. The molecule has 0 unspecified atom stereocenters. The highest BCUT2D eigenvalue weighted by Gasteiger charge is 2.16. The second-order valence-electron chi connectivity index (χ2n) is 3.73. The van der Waals surface area contributed by atoms with Gasteiger partial charge in [-0.2, -0.15) is 0 Å². The second-order valence-corrected chi connectivity index (χ2v) is 4.17. The Morgan fingerprint density at radius 1 is 1.56 bits per heavy atom. The molecule has 18 heavy (non-hydrogen) atoms. The van der Waals surface area contributed by atoms with Crippen molar-refractivity contribution in [1.82, 2.24) is 4.90 Å². The van der Waals surface area contributed by atoms with Crippen LogP contribution >= 0.6 is 11.6 Å². The van der Waals surface area contributed by atoms with Crippen molar-refractivity contribution in [2.75, 3.05) is 13.6 Å². The van der Waals surface area contributed by atoms with Crippen LogP contribution in [0.3, 0.4) is 0 Å². The molecule has 1 aromatic carbocycles. The summed E-state index contributed by atoms with van der Waals surface area (Å²) in [5.41, 5.74) is 5.42. The normalized spacial score (nSPS) is 11.3. The minimum atomic E-state index is -0.388. The van der Waals surface area contributed by atoms with Crippen LogP contribution in [0.2, 0.25) is 5.02 Å². The predicted octanol–water partition coefficient (Wildman–Crippen LogP) is 1.25. The lowest BCUT2D eigenvalue weighted by molar-refractivity contribution is 0.0795. The molecule has 4 N–H and O–H groups in total. The molecular formula is C11H14ClN3O3. The Morgan fingerprint density at radius 3 is 2.83 bits per heavy atom. The highest BCUT2D eigenvalue weighted by molar-refractivity contribution is 6.31. The molecule has 0 saturated heterocycles. The Balaban J connectivity index is 2.77. The minimum absolute atomic E-state index is 0.0324. The number of halogens is 1. The smallest absolute Gasteiger partial charge is 0.257 e. The zero-order chi connectivity index (χ0) is 13.7. The van der Waals surface area contributed by atoms with Crippen molar-refractivity contribution in [2.45, 2.75) is 6.42 Å². The molecule has 0 aliphatic heterocycles. The molecule has 0 fully saturated rings. The van der Waals surface area contributed by atoms with Gasteiger partial charge in [0.15, 0.2) is 0 Å². The summed E-state index contributed by atoms with van der Waals surface area (Å²) in [7, 11) is 1.55. The average Bonchev–Trinajstić information content (AvgIpc) is 2.37. The molecule has 7 heteroatoms. The van der Waals surface area contributed by atoms with Crippen LogP contribution in [0, 0.1) is 0 Å². The van der Waals surface area contributed by atoms with Crippen molar-refractivity contribution >= 4 is 23.3 Å². The monoisotopic (exact) mass is 271 g/mol. The average molecular weight is 272 g/mol. The van der Waals surface area contributed by atoms with Gasteiger partial charge in [-0.1, -0.05) is 16.8 Å². The fourth-order valence-corrected chi connectivity index (χ4v) is 1.49. The van der Waals surface area contributed by atoms with Gasteiger partial charge in [-0.25, -0.2) is 0 Å². The number of carbonyl (C=O) groups is 1. The molecule has 0 aromatic heterocycles. The number of amidine groups is 1. The molecule has 0 atom stereocenters. The molecule has 0 spiro atoms. The SMILES string of the molecule is CN(CC/C(N)=N/O)C(=O)c1cc(Cl)ccc1O. The zero-order valence-electron chi connectivity index (χ0n) is 9.80. The molecular weight excluding hydrogens is 258 g/mol. The Labute approximate surface area is 109 Å². The number of rotatable bonds is 4. The number of amides is 1. The molecule has 0 heterocycles. The summed E-state index contributed by atoms with van der Waals surface area (Å²) in [4.78, 5) is 13.3. The molecule has 1 aromatic rings. The topological polar surface area (TPSA) is 99.1 Å². The van der Waals surface area contributed by atoms with Crippen molar-refractivity contribution in [3.63, 3.8) is 0 Å². The molecule has 6 nitrogen and oxygen atoms in total. The number of benzene rings is 1. The standard InChI is InChI=1S/C11H14ClN3O3/c1-15(5-4-10(13)14-18)11(17)8-6-7(12)2-3-9(8)16/h2-3,6,16,18H,4-5H2,1H3,(H2,13,14). The molecule has 1 amide bonds. The number of aromatic hydroxyl groups is 1. The van der Waals surface area contributed by atoms with Gasteiger partial charge in [0.2, 0.25) is 0 Å². The van der Waals surface area contributed by atoms with Gasteiger partial charge in [0.25, 0.3) is 5.91 Å². The molecule has 1 rings (SSSR count). The summed E-state index contributed by atoms with van der Waals surface area (Å²) in [5.74, 6) is -0.495. The fourth-order valence-electron chi connectivity index (χ4n) is 1.32. The quantitative estimate of drug-likeness (QED) is 0.332. The van der Waals surface area contributed by atoms with E-state index in [2.05, 4.69) is 5.16 Å². The van der Waals surface area contributed by atoms with Crippen molar-refractivity contribution < 1.29 is 15.1 Å². The number of carbonyl (C=O) groups excluding carboxylic acids is 1. The highest BCUT2D eigenvalue weighted by atomic mass is 35.5. The molecule has 0 aliphatic rings. The van der Waals surface area contributed by atoms with E-state index in [1.54, 1.807) is 7.05 Å². The van der Waals surface area contributed by atoms with Gasteiger partial charge in [0, 0.05) is 25.0 Å². The number of hydrogen-bond acceptors (Lipinski definition) is 4. The predicted molar refractivity (Wildman–Crippen MR) is 68.1 cm³/mol. The molecule has 0 aliphatic carbocycles. The van der Waals surface area contributed by atoms with Gasteiger partial charge in [-0.05, 0) is 18.2 Å². The van der Waals surface area contributed by atoms with Crippen LogP contribution in [0.15, 0.2) is 23.4 Å². The third kappa shape index (κ3) is 3.53. The van der Waals surface area contributed by atoms with Crippen LogP contribution < -0.4 is 5.73 Å². The summed E-state index contributed by atoms with van der Waals surface area (Å²) in [5, 5.41) is 21.1. The maximum Gasteiger partial charge on any atom is 0.257 e. The fraction of sp³-hybridized carbons (Fsp3) is 0.273. The number of nitrogens with two attached hydrogens (primary N) is 1. The molecule has 0 bridgehead atoms. The number of hydrogen-bond donors (Lipinski definition) is 3. The van der Waals surface area contributed by atoms with Crippen LogP contribution in [0.25, 0.3) is 0 Å². The van der Waals surface area contributed by atoms with Crippen LogP contribution in [0.5, 0.6) is 5.75 Å². The zero-order valence-corrected chi connectivity index (χ0v) is 10.6. The van der Waals surface area contributed by atoms with E-state index in [-0.39, 0.29) is 36.0 Å². The van der Waals surface area contributed by atoms with E-state index in [0.717, 1.165) is 0 Å². The lowest BCUT2D eigenvalue weighted by Crippen LogP contribution is -2.30. The van der Waals surface area contributed by atoms with Crippen LogP contribution in [-0.2, 0) is 0 Å². The van der Waals surface area contributed by atoms with E-state index in [1.807, 2.05) is 0 Å². The van der Waals surface area contributed by atoms with Gasteiger partial charge in [-0.3, -0.25) is 4.79 Å². The van der Waals surface area contributed by atoms with E-state index in [1.165, 1.54) is 23.1 Å². The summed E-state index contributed by atoms with van der Waals surface area (Å²) in [6, 6.07) is 4.23. The highest BCUT2D eigenvalue weighted by Crippen LogP contribution is 2.22. The van der Waals surface area contributed by atoms with Gasteiger partial charge in [0.1, 0.15) is 11.6 Å². The van der Waals surface area contributed by atoms with Crippen LogP contribution in [0.4, 0.5) is 0 Å². The van der Waals surface area contributed by atoms with E-state index < -0.39 is 0 Å². The van der Waals surface area contributed by atoms with Gasteiger partial charge in [-0.15, -0.1) is 0 Å². The first-order valence-electron chi connectivity index (χ1n) is 5.16. The first-order chi connectivity index (χ1) is 8.45. The minimum Gasteiger partial charge on any atom is -0.507 e. The van der Waals surface area contributed by atoms with E-state index in [0.29, 0.717) is 5.02 Å². The Bertz CT molecular complexity index is 477. The summed E-state index contributed by atoms with van der Waals surface area (Å²) >= 11 is 5.76. The van der Waals surface area contributed by atoms with Crippen LogP contribution in [-0.4, -0.2) is 40.5 Å². The maximum atomic E-state index is 12.0.